The summed E-state index contributed by atoms with van der Waals surface area (Å²) in [6.45, 7) is 2.07. The molecular weight excluding hydrogens is 374 g/mol. The Kier molecular flexibility index (Phi) is 4.84. The zero-order chi connectivity index (χ0) is 19.7. The van der Waals surface area contributed by atoms with E-state index in [4.69, 9.17) is 16.7 Å². The van der Waals surface area contributed by atoms with E-state index in [0.29, 0.717) is 11.4 Å². The summed E-state index contributed by atoms with van der Waals surface area (Å²) in [5, 5.41) is 18.5. The van der Waals surface area contributed by atoms with Gasteiger partial charge in [-0.2, -0.15) is 5.10 Å². The van der Waals surface area contributed by atoms with E-state index in [9.17, 15) is 10.1 Å². The molecule has 5 nitrogen and oxygen atoms in total. The van der Waals surface area contributed by atoms with Crippen LogP contribution in [0.5, 0.6) is 0 Å². The average molecular weight is 392 g/mol. The number of halogens is 1. The molecule has 0 fully saturated rings. The number of hydrogen-bond donors (Lipinski definition) is 0. The maximum atomic E-state index is 11.0. The molecular formula is C22H18ClN3O2. The Balaban J connectivity index is 1.76. The number of benzene rings is 3. The maximum absolute atomic E-state index is 11.0. The Hall–Kier alpha value is -3.18. The number of non-ortho nitro benzene ring substituents is 1. The van der Waals surface area contributed by atoms with E-state index >= 15 is 0 Å². The van der Waals surface area contributed by atoms with Gasteiger partial charge in [0.05, 0.1) is 22.4 Å². The van der Waals surface area contributed by atoms with E-state index in [2.05, 4.69) is 19.1 Å². The van der Waals surface area contributed by atoms with Crippen molar-refractivity contribution in [3.05, 3.63) is 105 Å². The highest BCUT2D eigenvalue weighted by molar-refractivity contribution is 6.30. The Morgan fingerprint density at radius 1 is 1.07 bits per heavy atom. The third kappa shape index (κ3) is 3.49. The smallest absolute Gasteiger partial charge is 0.258 e. The normalized spacial score (nSPS) is 16.1. The highest BCUT2D eigenvalue weighted by Crippen LogP contribution is 2.38. The first-order chi connectivity index (χ1) is 13.5. The summed E-state index contributed by atoms with van der Waals surface area (Å²) in [6.07, 6.45) is 0.704. The van der Waals surface area contributed by atoms with Crippen molar-refractivity contribution in [1.29, 1.82) is 0 Å². The molecule has 3 aromatic rings. The highest BCUT2D eigenvalue weighted by atomic mass is 35.5. The number of nitrogens with zero attached hydrogens (tertiary/aromatic N) is 3. The predicted molar refractivity (Wildman–Crippen MR) is 112 cm³/mol. The van der Waals surface area contributed by atoms with Crippen LogP contribution in [0.15, 0.2) is 77.9 Å². The van der Waals surface area contributed by atoms with Crippen LogP contribution in [0.25, 0.3) is 0 Å². The number of anilines is 1. The van der Waals surface area contributed by atoms with Crippen molar-refractivity contribution in [2.45, 2.75) is 19.4 Å². The third-order valence-electron chi connectivity index (χ3n) is 4.93. The van der Waals surface area contributed by atoms with Gasteiger partial charge in [0.2, 0.25) is 0 Å². The van der Waals surface area contributed by atoms with Crippen LogP contribution in [-0.4, -0.2) is 10.6 Å². The van der Waals surface area contributed by atoms with Crippen molar-refractivity contribution in [2.75, 3.05) is 5.01 Å². The standard InChI is InChI=1S/C22H18ClN3O2/c1-15-5-2-3-8-20(15)21-14-22(16-9-11-18(12-10-16)26(27)28)25(24-21)19-7-4-6-17(23)13-19/h2-13,22H,14H2,1H3. The molecule has 140 valence electrons. The zero-order valence-electron chi connectivity index (χ0n) is 15.2. The van der Waals surface area contributed by atoms with Gasteiger partial charge in [-0.15, -0.1) is 0 Å². The van der Waals surface area contributed by atoms with Crippen LogP contribution in [0.4, 0.5) is 11.4 Å². The van der Waals surface area contributed by atoms with Crippen LogP contribution < -0.4 is 5.01 Å². The SMILES string of the molecule is Cc1ccccc1C1=NN(c2cccc(Cl)c2)C(c2ccc([N+](=O)[O-])cc2)C1. The van der Waals surface area contributed by atoms with Crippen molar-refractivity contribution in [3.63, 3.8) is 0 Å². The molecule has 1 heterocycles. The Labute approximate surface area is 168 Å². The van der Waals surface area contributed by atoms with Crippen LogP contribution in [-0.2, 0) is 0 Å². The molecule has 0 aliphatic carbocycles. The van der Waals surface area contributed by atoms with Gasteiger partial charge in [0.15, 0.2) is 0 Å². The molecule has 28 heavy (non-hydrogen) atoms. The summed E-state index contributed by atoms with van der Waals surface area (Å²) in [5.41, 5.74) is 5.20. The van der Waals surface area contributed by atoms with Gasteiger partial charge < -0.3 is 0 Å². The Morgan fingerprint density at radius 3 is 2.50 bits per heavy atom. The van der Waals surface area contributed by atoms with E-state index in [1.807, 2.05) is 41.4 Å². The molecule has 0 spiro atoms. The summed E-state index contributed by atoms with van der Waals surface area (Å²) in [5.74, 6) is 0. The van der Waals surface area contributed by atoms with Crippen molar-refractivity contribution in [1.82, 2.24) is 0 Å². The lowest BCUT2D eigenvalue weighted by Gasteiger charge is -2.24. The second kappa shape index (κ2) is 7.44. The first-order valence-electron chi connectivity index (χ1n) is 8.95. The largest absolute Gasteiger partial charge is 0.269 e. The molecule has 0 saturated carbocycles. The van der Waals surface area contributed by atoms with E-state index in [-0.39, 0.29) is 16.7 Å². The van der Waals surface area contributed by atoms with Crippen LogP contribution in [0, 0.1) is 17.0 Å². The molecule has 0 amide bonds. The third-order valence-corrected chi connectivity index (χ3v) is 5.16. The summed E-state index contributed by atoms with van der Waals surface area (Å²) < 4.78 is 0. The molecule has 1 atom stereocenters. The number of hydrogen-bond acceptors (Lipinski definition) is 4. The molecule has 3 aromatic carbocycles. The number of nitro benzene ring substituents is 1. The van der Waals surface area contributed by atoms with Gasteiger partial charge in [0.25, 0.3) is 5.69 Å². The van der Waals surface area contributed by atoms with E-state index < -0.39 is 0 Å². The van der Waals surface area contributed by atoms with Gasteiger partial charge in [-0.05, 0) is 36.2 Å². The quantitative estimate of drug-likeness (QED) is 0.410. The zero-order valence-corrected chi connectivity index (χ0v) is 16.0. The van der Waals surface area contributed by atoms with E-state index in [0.717, 1.165) is 28.1 Å². The van der Waals surface area contributed by atoms with Gasteiger partial charge in [0.1, 0.15) is 0 Å². The monoisotopic (exact) mass is 391 g/mol. The van der Waals surface area contributed by atoms with Crippen LogP contribution >= 0.6 is 11.6 Å². The van der Waals surface area contributed by atoms with Gasteiger partial charge in [-0.1, -0.05) is 54.1 Å². The molecule has 1 aliphatic heterocycles. The first-order valence-corrected chi connectivity index (χ1v) is 9.33. The molecule has 0 aromatic heterocycles. The fourth-order valence-corrected chi connectivity index (χ4v) is 3.69. The number of rotatable bonds is 4. The minimum Gasteiger partial charge on any atom is -0.258 e. The number of aryl methyl sites for hydroxylation is 1. The highest BCUT2D eigenvalue weighted by Gasteiger charge is 2.30. The van der Waals surface area contributed by atoms with Crippen LogP contribution in [0.2, 0.25) is 5.02 Å². The number of hydrazone groups is 1. The van der Waals surface area contributed by atoms with Crippen molar-refractivity contribution < 1.29 is 4.92 Å². The van der Waals surface area contributed by atoms with Gasteiger partial charge in [-0.25, -0.2) is 0 Å². The second-order valence-electron chi connectivity index (χ2n) is 6.75. The van der Waals surface area contributed by atoms with Gasteiger partial charge in [-0.3, -0.25) is 15.1 Å². The average Bonchev–Trinajstić information content (AvgIpc) is 3.13. The molecule has 0 bridgehead atoms. The summed E-state index contributed by atoms with van der Waals surface area (Å²) in [4.78, 5) is 10.6. The predicted octanol–water partition coefficient (Wildman–Crippen LogP) is 5.91. The summed E-state index contributed by atoms with van der Waals surface area (Å²) in [6, 6.07) is 22.3. The molecule has 0 saturated heterocycles. The Bertz CT molecular complexity index is 1060. The van der Waals surface area contributed by atoms with Gasteiger partial charge >= 0.3 is 0 Å². The van der Waals surface area contributed by atoms with Crippen LogP contribution in [0.1, 0.15) is 29.2 Å². The fourth-order valence-electron chi connectivity index (χ4n) is 3.50. The minimum atomic E-state index is -0.386. The second-order valence-corrected chi connectivity index (χ2v) is 7.19. The number of nitro groups is 1. The van der Waals surface area contributed by atoms with Gasteiger partial charge in [0, 0.05) is 29.1 Å². The maximum Gasteiger partial charge on any atom is 0.269 e. The molecule has 4 rings (SSSR count). The van der Waals surface area contributed by atoms with Crippen LogP contribution in [0.3, 0.4) is 0 Å². The topological polar surface area (TPSA) is 58.7 Å². The van der Waals surface area contributed by atoms with Crippen molar-refractivity contribution in [3.8, 4) is 0 Å². The lowest BCUT2D eigenvalue weighted by atomic mass is 9.96. The summed E-state index contributed by atoms with van der Waals surface area (Å²) >= 11 is 6.20. The first kappa shape index (κ1) is 18.2. The van der Waals surface area contributed by atoms with Crippen molar-refractivity contribution >= 4 is 28.7 Å². The van der Waals surface area contributed by atoms with E-state index in [1.165, 1.54) is 12.1 Å². The molecule has 6 heteroatoms. The lowest BCUT2D eigenvalue weighted by molar-refractivity contribution is -0.384. The van der Waals surface area contributed by atoms with Crippen molar-refractivity contribution in [2.24, 2.45) is 5.10 Å². The molecule has 0 N–H and O–H groups in total. The molecule has 1 aliphatic rings. The molecule has 0 radical (unpaired) electrons. The molecule has 1 unspecified atom stereocenters. The Morgan fingerprint density at radius 2 is 1.82 bits per heavy atom. The lowest BCUT2D eigenvalue weighted by Crippen LogP contribution is -2.18. The minimum absolute atomic E-state index is 0.0612. The van der Waals surface area contributed by atoms with E-state index in [1.54, 1.807) is 12.1 Å². The fraction of sp³-hybridized carbons (Fsp3) is 0.136. The summed E-state index contributed by atoms with van der Waals surface area (Å²) in [7, 11) is 0.